The number of carbonyl (C=O) groups excluding carboxylic acids is 3. The van der Waals surface area contributed by atoms with Gasteiger partial charge in [0.15, 0.2) is 0 Å². The monoisotopic (exact) mass is 383 g/mol. The minimum atomic E-state index is -0.980. The number of rotatable bonds is 6. The second-order valence-electron chi connectivity index (χ2n) is 5.95. The maximum atomic E-state index is 12.9. The van der Waals surface area contributed by atoms with Crippen molar-refractivity contribution in [3.8, 4) is 6.07 Å². The second kappa shape index (κ2) is 7.63. The Balaban J connectivity index is 1.92. The van der Waals surface area contributed by atoms with Crippen molar-refractivity contribution in [2.75, 3.05) is 17.3 Å². The van der Waals surface area contributed by atoms with Crippen LogP contribution in [0.2, 0.25) is 0 Å². The highest BCUT2D eigenvalue weighted by Crippen LogP contribution is 2.27. The summed E-state index contributed by atoms with van der Waals surface area (Å²) in [7, 11) is 1.59. The quantitative estimate of drug-likeness (QED) is 0.760. The summed E-state index contributed by atoms with van der Waals surface area (Å²) < 4.78 is 1.37. The number of nitrogens with one attached hydrogen (secondary N) is 1. The van der Waals surface area contributed by atoms with E-state index in [-0.39, 0.29) is 11.4 Å². The molecule has 3 amide bonds. The van der Waals surface area contributed by atoms with Crippen LogP contribution >= 0.6 is 11.8 Å². The number of thioether (sulfide) groups is 1. The van der Waals surface area contributed by atoms with Crippen LogP contribution in [0.1, 0.15) is 32.7 Å². The van der Waals surface area contributed by atoms with Crippen molar-refractivity contribution < 1.29 is 14.4 Å². The molecule has 1 atom stereocenters. The molecule has 0 bridgehead atoms. The number of hydrogen-bond donors (Lipinski definition) is 1. The normalized spacial score (nSPS) is 14.0. The minimum Gasteiger partial charge on any atom is -0.308 e. The number of nitriles is 1. The lowest BCUT2D eigenvalue weighted by molar-refractivity contribution is -0.120. The largest absolute Gasteiger partial charge is 0.308 e. The van der Waals surface area contributed by atoms with Crippen LogP contribution in [0.25, 0.3) is 0 Å². The predicted molar refractivity (Wildman–Crippen MR) is 100 cm³/mol. The number of hydrogen-bond acceptors (Lipinski definition) is 6. The lowest BCUT2D eigenvalue weighted by Crippen LogP contribution is -2.47. The lowest BCUT2D eigenvalue weighted by Gasteiger charge is -2.25. The number of fused-ring (bicyclic) bond motifs is 1. The number of amides is 3. The van der Waals surface area contributed by atoms with Gasteiger partial charge in [0.1, 0.15) is 23.5 Å². The molecule has 0 spiro atoms. The third-order valence-electron chi connectivity index (χ3n) is 4.34. The Morgan fingerprint density at radius 2 is 1.93 bits per heavy atom. The van der Waals surface area contributed by atoms with E-state index in [2.05, 4.69) is 10.4 Å². The Hall–Kier alpha value is -3.12. The molecular formula is C18H17N5O3S. The Labute approximate surface area is 160 Å². The molecule has 8 nitrogen and oxygen atoms in total. The molecule has 1 aliphatic heterocycles. The van der Waals surface area contributed by atoms with Crippen molar-refractivity contribution in [1.82, 2.24) is 14.7 Å². The van der Waals surface area contributed by atoms with Gasteiger partial charge in [0.05, 0.1) is 17.3 Å². The second-order valence-corrected chi connectivity index (χ2v) is 6.94. The van der Waals surface area contributed by atoms with Gasteiger partial charge in [0.25, 0.3) is 11.8 Å². The maximum Gasteiger partial charge on any atom is 0.262 e. The minimum absolute atomic E-state index is 0.205. The number of nitrogens with zero attached hydrogens (tertiary/aromatic N) is 4. The average Bonchev–Trinajstić information content (AvgIpc) is 3.14. The number of anilines is 1. The fourth-order valence-corrected chi connectivity index (χ4v) is 3.42. The summed E-state index contributed by atoms with van der Waals surface area (Å²) in [6.07, 6.45) is 3.53. The Morgan fingerprint density at radius 1 is 1.30 bits per heavy atom. The van der Waals surface area contributed by atoms with E-state index < -0.39 is 23.8 Å². The molecule has 1 unspecified atom stereocenters. The van der Waals surface area contributed by atoms with Crippen LogP contribution in [-0.4, -0.2) is 50.5 Å². The Bertz CT molecular complexity index is 927. The first kappa shape index (κ1) is 18.7. The van der Waals surface area contributed by atoms with Gasteiger partial charge in [-0.1, -0.05) is 12.1 Å². The van der Waals surface area contributed by atoms with E-state index in [1.165, 1.54) is 22.6 Å². The van der Waals surface area contributed by atoms with Crippen molar-refractivity contribution >= 4 is 35.3 Å². The van der Waals surface area contributed by atoms with E-state index in [0.29, 0.717) is 23.3 Å². The van der Waals surface area contributed by atoms with Gasteiger partial charge in [-0.2, -0.15) is 22.1 Å². The van der Waals surface area contributed by atoms with E-state index >= 15 is 0 Å². The van der Waals surface area contributed by atoms with Gasteiger partial charge in [0.2, 0.25) is 5.91 Å². The number of carbonyl (C=O) groups is 3. The van der Waals surface area contributed by atoms with Crippen molar-refractivity contribution in [3.05, 3.63) is 47.2 Å². The Morgan fingerprint density at radius 3 is 2.48 bits per heavy atom. The van der Waals surface area contributed by atoms with E-state index in [0.717, 1.165) is 4.90 Å². The van der Waals surface area contributed by atoms with Crippen LogP contribution in [0.4, 0.5) is 5.82 Å². The van der Waals surface area contributed by atoms with Crippen LogP contribution in [0.5, 0.6) is 0 Å². The third kappa shape index (κ3) is 3.31. The number of benzene rings is 1. The Kier molecular flexibility index (Phi) is 5.28. The number of imide groups is 1. The van der Waals surface area contributed by atoms with Crippen LogP contribution in [0.15, 0.2) is 30.5 Å². The van der Waals surface area contributed by atoms with Gasteiger partial charge in [-0.15, -0.1) is 0 Å². The van der Waals surface area contributed by atoms with Crippen LogP contribution in [-0.2, 0) is 11.8 Å². The molecule has 0 aliphatic carbocycles. The van der Waals surface area contributed by atoms with E-state index in [4.69, 9.17) is 5.26 Å². The molecule has 9 heteroatoms. The summed E-state index contributed by atoms with van der Waals surface area (Å²) in [6, 6.07) is 7.49. The van der Waals surface area contributed by atoms with Gasteiger partial charge in [0, 0.05) is 7.05 Å². The molecule has 2 aromatic rings. The van der Waals surface area contributed by atoms with Crippen molar-refractivity contribution in [1.29, 1.82) is 5.26 Å². The van der Waals surface area contributed by atoms with E-state index in [1.54, 1.807) is 31.3 Å². The molecule has 1 aromatic heterocycles. The zero-order chi connectivity index (χ0) is 19.6. The summed E-state index contributed by atoms with van der Waals surface area (Å²) in [5.74, 6) is -0.682. The summed E-state index contributed by atoms with van der Waals surface area (Å²) in [6.45, 7) is 0. The maximum absolute atomic E-state index is 12.9. The summed E-state index contributed by atoms with van der Waals surface area (Å²) >= 11 is 1.51. The molecule has 27 heavy (non-hydrogen) atoms. The smallest absolute Gasteiger partial charge is 0.262 e. The van der Waals surface area contributed by atoms with Gasteiger partial charge in [-0.3, -0.25) is 24.0 Å². The van der Waals surface area contributed by atoms with Gasteiger partial charge >= 0.3 is 0 Å². The van der Waals surface area contributed by atoms with E-state index in [9.17, 15) is 14.4 Å². The van der Waals surface area contributed by atoms with Gasteiger partial charge < -0.3 is 5.32 Å². The van der Waals surface area contributed by atoms with Crippen molar-refractivity contribution in [2.24, 2.45) is 7.05 Å². The molecule has 0 saturated carbocycles. The fraction of sp³-hybridized carbons (Fsp3) is 0.278. The highest BCUT2D eigenvalue weighted by atomic mass is 32.2. The molecule has 1 aromatic carbocycles. The lowest BCUT2D eigenvalue weighted by atomic mass is 10.1. The summed E-state index contributed by atoms with van der Waals surface area (Å²) in [5.41, 5.74) is 0.794. The first-order valence-corrected chi connectivity index (χ1v) is 9.57. The molecule has 1 N–H and O–H groups in total. The highest BCUT2D eigenvalue weighted by molar-refractivity contribution is 7.98. The first-order valence-electron chi connectivity index (χ1n) is 8.18. The highest BCUT2D eigenvalue weighted by Gasteiger charge is 2.42. The predicted octanol–water partition coefficient (Wildman–Crippen LogP) is 1.65. The zero-order valence-corrected chi connectivity index (χ0v) is 15.6. The van der Waals surface area contributed by atoms with Crippen LogP contribution in [0.3, 0.4) is 0 Å². The van der Waals surface area contributed by atoms with Crippen LogP contribution in [0, 0.1) is 11.3 Å². The average molecular weight is 383 g/mol. The molecule has 1 aliphatic rings. The molecule has 0 fully saturated rings. The topological polar surface area (TPSA) is 108 Å². The SMILES string of the molecule is CSCCC(C(=O)Nc1c(C#N)cnn1C)N1C(=O)c2ccccc2C1=O. The molecule has 0 radical (unpaired) electrons. The molecule has 0 saturated heterocycles. The van der Waals surface area contributed by atoms with Crippen molar-refractivity contribution in [2.45, 2.75) is 12.5 Å². The fourth-order valence-electron chi connectivity index (χ4n) is 2.97. The third-order valence-corrected chi connectivity index (χ3v) is 4.98. The first-order chi connectivity index (χ1) is 13.0. The number of aromatic nitrogens is 2. The van der Waals surface area contributed by atoms with Crippen LogP contribution < -0.4 is 5.32 Å². The summed E-state index contributed by atoms with van der Waals surface area (Å²) in [5, 5.41) is 15.8. The van der Waals surface area contributed by atoms with Crippen molar-refractivity contribution in [3.63, 3.8) is 0 Å². The molecular weight excluding hydrogens is 366 g/mol. The zero-order valence-electron chi connectivity index (χ0n) is 14.8. The van der Waals surface area contributed by atoms with Gasteiger partial charge in [-0.05, 0) is 30.6 Å². The standard InChI is InChI=1S/C18H17N5O3S/c1-22-15(11(9-19)10-20-22)21-16(24)14(7-8-27-2)23-17(25)12-5-3-4-6-13(12)18(23)26/h3-6,10,14H,7-8H2,1-2H3,(H,21,24). The molecule has 138 valence electrons. The van der Waals surface area contributed by atoms with E-state index in [1.807, 2.05) is 12.3 Å². The number of aryl methyl sites for hydroxylation is 1. The molecule has 3 rings (SSSR count). The summed E-state index contributed by atoms with van der Waals surface area (Å²) in [4.78, 5) is 39.5. The molecule has 2 heterocycles. The van der Waals surface area contributed by atoms with Gasteiger partial charge in [-0.25, -0.2) is 0 Å².